The van der Waals surface area contributed by atoms with Gasteiger partial charge >= 0.3 is 5.97 Å². The van der Waals surface area contributed by atoms with Gasteiger partial charge in [0.25, 0.3) is 5.91 Å². The molecule has 1 aromatic rings. The lowest BCUT2D eigenvalue weighted by Crippen LogP contribution is -2.35. The van der Waals surface area contributed by atoms with Crippen LogP contribution in [0, 0.1) is 11.3 Å². The Morgan fingerprint density at radius 1 is 1.47 bits per heavy atom. The van der Waals surface area contributed by atoms with Gasteiger partial charge in [0.05, 0.1) is 5.56 Å². The highest BCUT2D eigenvalue weighted by Crippen LogP contribution is 2.17. The Kier molecular flexibility index (Phi) is 4.18. The maximum Gasteiger partial charge on any atom is 0.340 e. The minimum atomic E-state index is -0.612. The first-order valence-corrected chi connectivity index (χ1v) is 6.24. The highest BCUT2D eigenvalue weighted by molar-refractivity contribution is 5.91. The summed E-state index contributed by atoms with van der Waals surface area (Å²) >= 11 is 0. The Hall–Kier alpha value is -2.29. The molecular weight excluding hydrogens is 246 g/mol. The number of H-pyrrole nitrogens is 1. The van der Waals surface area contributed by atoms with Crippen LogP contribution in [0.5, 0.6) is 0 Å². The third-order valence-corrected chi connectivity index (χ3v) is 3.09. The fraction of sp³-hybridized carbons (Fsp3) is 0.462. The van der Waals surface area contributed by atoms with Gasteiger partial charge in [0, 0.05) is 12.2 Å². The average Bonchev–Trinajstić information content (AvgIpc) is 3.06. The Balaban J connectivity index is 1.76. The average molecular weight is 261 g/mol. The molecule has 2 rings (SSSR count). The number of ether oxygens (including phenoxy) is 1. The summed E-state index contributed by atoms with van der Waals surface area (Å²) in [5.41, 5.74) is 0.521. The monoisotopic (exact) mass is 261 g/mol. The zero-order valence-corrected chi connectivity index (χ0v) is 10.4. The quantitative estimate of drug-likeness (QED) is 0.793. The number of carbonyl (C=O) groups excluding carboxylic acids is 2. The van der Waals surface area contributed by atoms with E-state index in [1.54, 1.807) is 0 Å². The Bertz CT molecular complexity index is 509. The summed E-state index contributed by atoms with van der Waals surface area (Å²) in [7, 11) is 0. The lowest BCUT2D eigenvalue weighted by Gasteiger charge is -2.11. The first-order chi connectivity index (χ1) is 9.19. The van der Waals surface area contributed by atoms with E-state index in [1.165, 1.54) is 12.3 Å². The third kappa shape index (κ3) is 3.58. The molecule has 1 aliphatic carbocycles. The van der Waals surface area contributed by atoms with Gasteiger partial charge in [-0.05, 0) is 18.9 Å². The summed E-state index contributed by atoms with van der Waals surface area (Å²) in [6.07, 6.45) is 5.62. The van der Waals surface area contributed by atoms with Crippen molar-refractivity contribution in [3.63, 3.8) is 0 Å². The first kappa shape index (κ1) is 13.1. The molecule has 1 fully saturated rings. The lowest BCUT2D eigenvalue weighted by molar-refractivity contribution is -0.124. The van der Waals surface area contributed by atoms with Crippen LogP contribution in [-0.4, -0.2) is 29.5 Å². The van der Waals surface area contributed by atoms with Crippen LogP contribution in [0.4, 0.5) is 0 Å². The fourth-order valence-corrected chi connectivity index (χ4v) is 2.13. The minimum absolute atomic E-state index is 0.212. The van der Waals surface area contributed by atoms with E-state index in [0.29, 0.717) is 0 Å². The van der Waals surface area contributed by atoms with E-state index < -0.39 is 5.97 Å². The van der Waals surface area contributed by atoms with Crippen LogP contribution in [0.3, 0.4) is 0 Å². The summed E-state index contributed by atoms with van der Waals surface area (Å²) in [6, 6.07) is 3.47. The predicted octanol–water partition coefficient (Wildman–Crippen LogP) is 1.10. The zero-order valence-electron chi connectivity index (χ0n) is 10.4. The van der Waals surface area contributed by atoms with E-state index in [1.807, 2.05) is 6.07 Å². The molecule has 0 spiro atoms. The maximum absolute atomic E-state index is 11.6. The molecule has 1 aliphatic rings. The van der Waals surface area contributed by atoms with E-state index >= 15 is 0 Å². The minimum Gasteiger partial charge on any atom is -0.452 e. The van der Waals surface area contributed by atoms with Crippen LogP contribution in [-0.2, 0) is 9.53 Å². The third-order valence-electron chi connectivity index (χ3n) is 3.09. The normalized spacial score (nSPS) is 14.9. The van der Waals surface area contributed by atoms with Crippen molar-refractivity contribution in [1.29, 1.82) is 5.26 Å². The van der Waals surface area contributed by atoms with E-state index in [4.69, 9.17) is 10.00 Å². The second kappa shape index (κ2) is 6.05. The molecule has 6 heteroatoms. The molecular formula is C13H15N3O3. The van der Waals surface area contributed by atoms with Crippen molar-refractivity contribution in [2.45, 2.75) is 31.7 Å². The van der Waals surface area contributed by atoms with E-state index in [2.05, 4.69) is 10.3 Å². The number of rotatable bonds is 4. The van der Waals surface area contributed by atoms with Crippen LogP contribution in [0.15, 0.2) is 12.3 Å². The molecule has 0 saturated heterocycles. The van der Waals surface area contributed by atoms with Crippen LogP contribution < -0.4 is 5.32 Å². The van der Waals surface area contributed by atoms with Gasteiger partial charge in [-0.2, -0.15) is 5.26 Å². The predicted molar refractivity (Wildman–Crippen MR) is 66.2 cm³/mol. The molecule has 0 radical (unpaired) electrons. The van der Waals surface area contributed by atoms with E-state index in [0.717, 1.165) is 25.7 Å². The van der Waals surface area contributed by atoms with E-state index in [-0.39, 0.29) is 29.8 Å². The molecule has 0 aliphatic heterocycles. The van der Waals surface area contributed by atoms with Crippen LogP contribution in [0.2, 0.25) is 0 Å². The summed E-state index contributed by atoms with van der Waals surface area (Å²) < 4.78 is 4.88. The number of aromatic nitrogens is 1. The molecule has 2 N–H and O–H groups in total. The van der Waals surface area contributed by atoms with Crippen molar-refractivity contribution in [3.8, 4) is 6.07 Å². The van der Waals surface area contributed by atoms with Crippen molar-refractivity contribution in [2.24, 2.45) is 0 Å². The molecule has 19 heavy (non-hydrogen) atoms. The van der Waals surface area contributed by atoms with Crippen molar-refractivity contribution in [2.75, 3.05) is 6.61 Å². The second-order valence-corrected chi connectivity index (χ2v) is 4.54. The molecule has 0 bridgehead atoms. The molecule has 0 aromatic carbocycles. The topological polar surface area (TPSA) is 95.0 Å². The fourth-order valence-electron chi connectivity index (χ4n) is 2.13. The van der Waals surface area contributed by atoms with Crippen molar-refractivity contribution < 1.29 is 14.3 Å². The van der Waals surface area contributed by atoms with Gasteiger partial charge in [0.1, 0.15) is 11.8 Å². The van der Waals surface area contributed by atoms with E-state index in [9.17, 15) is 9.59 Å². The zero-order chi connectivity index (χ0) is 13.7. The van der Waals surface area contributed by atoms with Crippen molar-refractivity contribution >= 4 is 11.9 Å². The first-order valence-electron chi connectivity index (χ1n) is 6.24. The largest absolute Gasteiger partial charge is 0.452 e. The summed E-state index contributed by atoms with van der Waals surface area (Å²) in [4.78, 5) is 25.8. The van der Waals surface area contributed by atoms with Gasteiger partial charge in [-0.3, -0.25) is 4.79 Å². The van der Waals surface area contributed by atoms with Crippen LogP contribution >= 0.6 is 0 Å². The molecule has 1 heterocycles. The van der Waals surface area contributed by atoms with Crippen LogP contribution in [0.25, 0.3) is 0 Å². The van der Waals surface area contributed by atoms with Gasteiger partial charge < -0.3 is 15.0 Å². The van der Waals surface area contributed by atoms with Gasteiger partial charge in [0.2, 0.25) is 0 Å². The molecule has 0 atom stereocenters. The number of hydrogen-bond donors (Lipinski definition) is 2. The highest BCUT2D eigenvalue weighted by Gasteiger charge is 2.18. The van der Waals surface area contributed by atoms with Gasteiger partial charge in [-0.1, -0.05) is 12.8 Å². The number of nitrogens with zero attached hydrogens (tertiary/aromatic N) is 1. The van der Waals surface area contributed by atoms with Gasteiger partial charge in [-0.25, -0.2) is 4.79 Å². The summed E-state index contributed by atoms with van der Waals surface area (Å²) in [5, 5.41) is 11.4. The number of esters is 1. The number of nitrogens with one attached hydrogen (secondary N) is 2. The Labute approximate surface area is 110 Å². The number of carbonyl (C=O) groups is 2. The van der Waals surface area contributed by atoms with Crippen LogP contribution in [0.1, 0.15) is 41.7 Å². The molecule has 6 nitrogen and oxygen atoms in total. The molecule has 1 aromatic heterocycles. The van der Waals surface area contributed by atoms with Crippen molar-refractivity contribution in [3.05, 3.63) is 23.5 Å². The molecule has 100 valence electrons. The number of amides is 1. The number of hydrogen-bond acceptors (Lipinski definition) is 4. The van der Waals surface area contributed by atoms with Crippen molar-refractivity contribution in [1.82, 2.24) is 10.3 Å². The smallest absolute Gasteiger partial charge is 0.340 e. The second-order valence-electron chi connectivity index (χ2n) is 4.54. The summed E-state index contributed by atoms with van der Waals surface area (Å²) in [5.74, 6) is -0.893. The SMILES string of the molecule is N#Cc1cc(C(=O)OCC(=O)NC2CCCC2)c[nH]1. The maximum atomic E-state index is 11.6. The van der Waals surface area contributed by atoms with Gasteiger partial charge in [0.15, 0.2) is 6.61 Å². The highest BCUT2D eigenvalue weighted by atomic mass is 16.5. The Morgan fingerprint density at radius 2 is 2.21 bits per heavy atom. The molecule has 1 saturated carbocycles. The molecule has 1 amide bonds. The number of nitriles is 1. The Morgan fingerprint density at radius 3 is 2.84 bits per heavy atom. The summed E-state index contributed by atoms with van der Waals surface area (Å²) in [6.45, 7) is -0.289. The standard InChI is InChI=1S/C13H15N3O3/c14-6-11-5-9(7-15-11)13(18)19-8-12(17)16-10-3-1-2-4-10/h5,7,10,15H,1-4,8H2,(H,16,17). The molecule has 0 unspecified atom stereocenters. The number of aromatic amines is 1. The lowest BCUT2D eigenvalue weighted by atomic mass is 10.2. The van der Waals surface area contributed by atoms with Gasteiger partial charge in [-0.15, -0.1) is 0 Å².